The number of benzene rings is 1. The third-order valence-electron chi connectivity index (χ3n) is 4.39. The van der Waals surface area contributed by atoms with Gasteiger partial charge in [-0.1, -0.05) is 18.2 Å². The molecule has 2 heterocycles. The molecule has 0 radical (unpaired) electrons. The van der Waals surface area contributed by atoms with Crippen molar-refractivity contribution in [1.29, 1.82) is 0 Å². The Balaban J connectivity index is 1.87. The topological polar surface area (TPSA) is 75.4 Å². The molecule has 1 aromatic heterocycles. The van der Waals surface area contributed by atoms with Crippen molar-refractivity contribution in [1.82, 2.24) is 14.5 Å². The molecule has 1 atom stereocenters. The van der Waals surface area contributed by atoms with Gasteiger partial charge in [0.15, 0.2) is 0 Å². The molecule has 1 aliphatic rings. The average molecular weight is 313 g/mol. The number of rotatable bonds is 3. The lowest BCUT2D eigenvalue weighted by atomic mass is 9.82. The minimum Gasteiger partial charge on any atom is -0.481 e. The number of carboxylic acids is 1. The number of aliphatic carboxylic acids is 1. The van der Waals surface area contributed by atoms with Crippen LogP contribution in [0.1, 0.15) is 30.3 Å². The summed E-state index contributed by atoms with van der Waals surface area (Å²) in [6, 6.07) is 9.49. The summed E-state index contributed by atoms with van der Waals surface area (Å²) in [6.07, 6.45) is 4.41. The molecule has 3 rings (SSSR count). The van der Waals surface area contributed by atoms with Crippen LogP contribution in [0.25, 0.3) is 5.69 Å². The van der Waals surface area contributed by atoms with Gasteiger partial charge in [0.1, 0.15) is 5.69 Å². The van der Waals surface area contributed by atoms with Gasteiger partial charge in [-0.05, 0) is 31.9 Å². The standard InChI is InChI=1S/C17H19N3O3/c1-17(16(22)23)8-5-9-19(11-17)15(21)14-10-18-12-20(14)13-6-3-2-4-7-13/h2-4,6-7,10,12H,5,8-9,11H2,1H3,(H,22,23). The highest BCUT2D eigenvalue weighted by Crippen LogP contribution is 2.30. The van der Waals surface area contributed by atoms with Gasteiger partial charge in [-0.15, -0.1) is 0 Å². The van der Waals surface area contributed by atoms with Crippen LogP contribution in [-0.2, 0) is 4.79 Å². The molecule has 1 unspecified atom stereocenters. The molecule has 1 fully saturated rings. The first kappa shape index (κ1) is 15.3. The van der Waals surface area contributed by atoms with Crippen LogP contribution in [0.4, 0.5) is 0 Å². The number of carbonyl (C=O) groups excluding carboxylic acids is 1. The average Bonchev–Trinajstić information content (AvgIpc) is 3.04. The van der Waals surface area contributed by atoms with Gasteiger partial charge in [0.25, 0.3) is 5.91 Å². The normalized spacial score (nSPS) is 21.2. The Hall–Kier alpha value is -2.63. The summed E-state index contributed by atoms with van der Waals surface area (Å²) in [5.74, 6) is -1.04. The molecule has 1 saturated heterocycles. The van der Waals surface area contributed by atoms with Crippen molar-refractivity contribution >= 4 is 11.9 Å². The molecule has 0 bridgehead atoms. The molecule has 23 heavy (non-hydrogen) atoms. The highest BCUT2D eigenvalue weighted by atomic mass is 16.4. The van der Waals surface area contributed by atoms with Crippen LogP contribution in [0, 0.1) is 5.41 Å². The molecule has 1 amide bonds. The zero-order chi connectivity index (χ0) is 16.4. The van der Waals surface area contributed by atoms with Gasteiger partial charge in [0, 0.05) is 18.8 Å². The summed E-state index contributed by atoms with van der Waals surface area (Å²) in [4.78, 5) is 30.0. The minimum absolute atomic E-state index is 0.182. The van der Waals surface area contributed by atoms with E-state index in [1.54, 1.807) is 22.7 Å². The molecule has 1 aromatic carbocycles. The monoisotopic (exact) mass is 313 g/mol. The Morgan fingerprint density at radius 2 is 2.00 bits per heavy atom. The number of imidazole rings is 1. The first-order valence-electron chi connectivity index (χ1n) is 7.62. The van der Waals surface area contributed by atoms with E-state index >= 15 is 0 Å². The molecule has 0 saturated carbocycles. The van der Waals surface area contributed by atoms with Crippen molar-refractivity contribution in [2.75, 3.05) is 13.1 Å². The van der Waals surface area contributed by atoms with Gasteiger partial charge < -0.3 is 10.0 Å². The van der Waals surface area contributed by atoms with E-state index in [4.69, 9.17) is 0 Å². The van der Waals surface area contributed by atoms with Crippen molar-refractivity contribution < 1.29 is 14.7 Å². The molecule has 2 aromatic rings. The summed E-state index contributed by atoms with van der Waals surface area (Å²) >= 11 is 0. The number of likely N-dealkylation sites (tertiary alicyclic amines) is 1. The Kier molecular flexibility index (Phi) is 3.90. The smallest absolute Gasteiger partial charge is 0.311 e. The Bertz CT molecular complexity index is 726. The van der Waals surface area contributed by atoms with E-state index in [1.165, 1.54) is 6.20 Å². The number of nitrogens with zero attached hydrogens (tertiary/aromatic N) is 3. The number of aromatic nitrogens is 2. The summed E-state index contributed by atoms with van der Waals surface area (Å²) < 4.78 is 1.73. The molecule has 0 aliphatic carbocycles. The zero-order valence-electron chi connectivity index (χ0n) is 13.0. The second-order valence-electron chi connectivity index (χ2n) is 6.18. The number of piperidine rings is 1. The van der Waals surface area contributed by atoms with Crippen molar-refractivity contribution in [3.8, 4) is 5.69 Å². The van der Waals surface area contributed by atoms with Crippen molar-refractivity contribution in [2.45, 2.75) is 19.8 Å². The molecular weight excluding hydrogens is 294 g/mol. The number of hydrogen-bond donors (Lipinski definition) is 1. The summed E-state index contributed by atoms with van der Waals surface area (Å²) in [6.45, 7) is 2.49. The van der Waals surface area contributed by atoms with Crippen LogP contribution >= 0.6 is 0 Å². The first-order valence-corrected chi connectivity index (χ1v) is 7.62. The first-order chi connectivity index (χ1) is 11.0. The Labute approximate surface area is 134 Å². The van der Waals surface area contributed by atoms with E-state index in [1.807, 2.05) is 30.3 Å². The molecule has 6 nitrogen and oxygen atoms in total. The second kappa shape index (κ2) is 5.87. The Morgan fingerprint density at radius 1 is 1.26 bits per heavy atom. The maximum absolute atomic E-state index is 12.8. The maximum Gasteiger partial charge on any atom is 0.311 e. The van der Waals surface area contributed by atoms with E-state index in [9.17, 15) is 14.7 Å². The quantitative estimate of drug-likeness (QED) is 0.942. The largest absolute Gasteiger partial charge is 0.481 e. The molecule has 120 valence electrons. The summed E-state index contributed by atoms with van der Waals surface area (Å²) in [5.41, 5.74) is 0.420. The van der Waals surface area contributed by atoms with Gasteiger partial charge >= 0.3 is 5.97 Å². The van der Waals surface area contributed by atoms with E-state index in [2.05, 4.69) is 4.98 Å². The van der Waals surface area contributed by atoms with E-state index in [-0.39, 0.29) is 12.5 Å². The van der Waals surface area contributed by atoms with Crippen molar-refractivity contribution in [3.63, 3.8) is 0 Å². The highest BCUT2D eigenvalue weighted by molar-refractivity contribution is 5.93. The third-order valence-corrected chi connectivity index (χ3v) is 4.39. The lowest BCUT2D eigenvalue weighted by molar-refractivity contribution is -0.150. The summed E-state index contributed by atoms with van der Waals surface area (Å²) in [5, 5.41) is 9.40. The summed E-state index contributed by atoms with van der Waals surface area (Å²) in [7, 11) is 0. The lowest BCUT2D eigenvalue weighted by Gasteiger charge is -2.37. The molecule has 0 spiro atoms. The number of para-hydroxylation sites is 1. The van der Waals surface area contributed by atoms with E-state index < -0.39 is 11.4 Å². The van der Waals surface area contributed by atoms with Crippen LogP contribution < -0.4 is 0 Å². The Morgan fingerprint density at radius 3 is 2.70 bits per heavy atom. The lowest BCUT2D eigenvalue weighted by Crippen LogP contribution is -2.48. The van der Waals surface area contributed by atoms with E-state index in [0.717, 1.165) is 5.69 Å². The van der Waals surface area contributed by atoms with Gasteiger partial charge in [-0.25, -0.2) is 4.98 Å². The van der Waals surface area contributed by atoms with Gasteiger partial charge in [-0.2, -0.15) is 0 Å². The fraction of sp³-hybridized carbons (Fsp3) is 0.353. The SMILES string of the molecule is CC1(C(=O)O)CCCN(C(=O)c2cncn2-c2ccccc2)C1. The third kappa shape index (κ3) is 2.84. The van der Waals surface area contributed by atoms with E-state index in [0.29, 0.717) is 25.1 Å². The number of carbonyl (C=O) groups is 2. The van der Waals surface area contributed by atoms with Crippen molar-refractivity contribution in [2.24, 2.45) is 5.41 Å². The van der Waals surface area contributed by atoms with Crippen LogP contribution in [0.5, 0.6) is 0 Å². The maximum atomic E-state index is 12.8. The predicted molar refractivity (Wildman–Crippen MR) is 84.4 cm³/mol. The fourth-order valence-corrected chi connectivity index (χ4v) is 3.00. The van der Waals surface area contributed by atoms with Gasteiger partial charge in [0.2, 0.25) is 0 Å². The molecule has 6 heteroatoms. The van der Waals surface area contributed by atoms with Crippen LogP contribution in [-0.4, -0.2) is 44.5 Å². The molecule has 1 N–H and O–H groups in total. The number of amides is 1. The minimum atomic E-state index is -0.883. The van der Waals surface area contributed by atoms with Crippen LogP contribution in [0.15, 0.2) is 42.9 Å². The fourth-order valence-electron chi connectivity index (χ4n) is 3.00. The van der Waals surface area contributed by atoms with Crippen LogP contribution in [0.3, 0.4) is 0 Å². The zero-order valence-corrected chi connectivity index (χ0v) is 13.0. The number of carboxylic acid groups (broad SMARTS) is 1. The van der Waals surface area contributed by atoms with Crippen LogP contribution in [0.2, 0.25) is 0 Å². The second-order valence-corrected chi connectivity index (χ2v) is 6.18. The predicted octanol–water partition coefficient (Wildman–Crippen LogP) is 2.20. The van der Waals surface area contributed by atoms with Crippen molar-refractivity contribution in [3.05, 3.63) is 48.5 Å². The number of hydrogen-bond acceptors (Lipinski definition) is 3. The highest BCUT2D eigenvalue weighted by Gasteiger charge is 2.40. The van der Waals surface area contributed by atoms with Gasteiger partial charge in [-0.3, -0.25) is 14.2 Å². The molecular formula is C17H19N3O3. The molecule has 1 aliphatic heterocycles. The van der Waals surface area contributed by atoms with Gasteiger partial charge in [0.05, 0.1) is 17.9 Å².